The summed E-state index contributed by atoms with van der Waals surface area (Å²) in [5, 5.41) is 12.7. The zero-order valence-corrected chi connectivity index (χ0v) is 21.6. The first-order chi connectivity index (χ1) is 16.0. The fourth-order valence-electron chi connectivity index (χ4n) is 4.39. The number of rotatable bonds is 17. The highest BCUT2D eigenvalue weighted by atomic mass is 16.5. The molecule has 0 radical (unpaired) electrons. The SMILES string of the molecule is CC[C@H](C)[C@@H]([C@@H](CC(=O)O)OC)N(C)C(=O)[C@@H](NCCCCCCN1C(=O)C=CC1=O)C(C)C. The van der Waals surface area contributed by atoms with Crippen molar-refractivity contribution in [3.05, 3.63) is 12.2 Å². The lowest BCUT2D eigenvalue weighted by atomic mass is 9.90. The Morgan fingerprint density at radius 3 is 2.18 bits per heavy atom. The van der Waals surface area contributed by atoms with E-state index in [0.29, 0.717) is 13.1 Å². The molecule has 0 aliphatic carbocycles. The first-order valence-corrected chi connectivity index (χ1v) is 12.3. The summed E-state index contributed by atoms with van der Waals surface area (Å²) < 4.78 is 5.50. The lowest BCUT2D eigenvalue weighted by Gasteiger charge is -2.39. The molecule has 0 fully saturated rings. The van der Waals surface area contributed by atoms with E-state index >= 15 is 0 Å². The normalized spacial score (nSPS) is 17.2. The van der Waals surface area contributed by atoms with Crippen LogP contribution in [0.1, 0.15) is 66.2 Å². The number of ether oxygens (including phenoxy) is 1. The summed E-state index contributed by atoms with van der Waals surface area (Å²) in [6.07, 6.45) is 6.09. The Hall–Kier alpha value is -2.26. The van der Waals surface area contributed by atoms with Gasteiger partial charge in [-0.2, -0.15) is 0 Å². The van der Waals surface area contributed by atoms with E-state index in [0.717, 1.165) is 32.1 Å². The van der Waals surface area contributed by atoms with Crippen molar-refractivity contribution in [2.45, 2.75) is 84.4 Å². The average molecular weight is 482 g/mol. The van der Waals surface area contributed by atoms with Gasteiger partial charge < -0.3 is 20.1 Å². The molecule has 1 aliphatic rings. The molecule has 0 aromatic rings. The fourth-order valence-corrected chi connectivity index (χ4v) is 4.39. The van der Waals surface area contributed by atoms with Gasteiger partial charge in [-0.05, 0) is 31.2 Å². The van der Waals surface area contributed by atoms with E-state index in [1.807, 2.05) is 27.7 Å². The van der Waals surface area contributed by atoms with E-state index in [2.05, 4.69) is 5.32 Å². The van der Waals surface area contributed by atoms with Gasteiger partial charge in [0.15, 0.2) is 0 Å². The maximum Gasteiger partial charge on any atom is 0.306 e. The molecule has 0 aromatic heterocycles. The number of amides is 3. The third-order valence-electron chi connectivity index (χ3n) is 6.59. The molecule has 0 unspecified atom stereocenters. The fraction of sp³-hybridized carbons (Fsp3) is 0.760. The molecule has 0 bridgehead atoms. The lowest BCUT2D eigenvalue weighted by molar-refractivity contribution is -0.147. The number of aliphatic carboxylic acids is 1. The van der Waals surface area contributed by atoms with Crippen LogP contribution in [-0.2, 0) is 23.9 Å². The van der Waals surface area contributed by atoms with Crippen LogP contribution in [0.25, 0.3) is 0 Å². The molecule has 9 heteroatoms. The van der Waals surface area contributed by atoms with Crippen LogP contribution in [-0.4, -0.2) is 84.0 Å². The molecule has 194 valence electrons. The van der Waals surface area contributed by atoms with E-state index in [-0.39, 0.29) is 48.1 Å². The minimum atomic E-state index is -0.950. The zero-order valence-electron chi connectivity index (χ0n) is 21.6. The summed E-state index contributed by atoms with van der Waals surface area (Å²) in [5.41, 5.74) is 0. The summed E-state index contributed by atoms with van der Waals surface area (Å²) in [7, 11) is 3.23. The predicted octanol–water partition coefficient (Wildman–Crippen LogP) is 2.45. The highest BCUT2D eigenvalue weighted by molar-refractivity contribution is 6.12. The van der Waals surface area contributed by atoms with Gasteiger partial charge >= 0.3 is 5.97 Å². The van der Waals surface area contributed by atoms with Gasteiger partial charge in [0, 0.05) is 32.9 Å². The first kappa shape index (κ1) is 29.8. The number of carbonyl (C=O) groups is 4. The second-order valence-electron chi connectivity index (χ2n) is 9.45. The topological polar surface area (TPSA) is 116 Å². The highest BCUT2D eigenvalue weighted by Gasteiger charge is 2.36. The third kappa shape index (κ3) is 8.83. The summed E-state index contributed by atoms with van der Waals surface area (Å²) in [5.74, 6) is -1.36. The maximum absolute atomic E-state index is 13.4. The van der Waals surface area contributed by atoms with E-state index in [9.17, 15) is 24.3 Å². The number of carbonyl (C=O) groups excluding carboxylic acids is 3. The monoisotopic (exact) mass is 481 g/mol. The van der Waals surface area contributed by atoms with E-state index < -0.39 is 12.1 Å². The lowest BCUT2D eigenvalue weighted by Crippen LogP contribution is -2.56. The van der Waals surface area contributed by atoms with Crippen LogP contribution < -0.4 is 5.32 Å². The van der Waals surface area contributed by atoms with E-state index in [1.54, 1.807) is 11.9 Å². The number of nitrogens with one attached hydrogen (secondary N) is 1. The molecule has 4 atom stereocenters. The Balaban J connectivity index is 2.59. The second-order valence-corrected chi connectivity index (χ2v) is 9.45. The number of hydrogen-bond acceptors (Lipinski definition) is 6. The number of carboxylic acids is 1. The minimum absolute atomic E-state index is 0.0627. The van der Waals surface area contributed by atoms with Crippen molar-refractivity contribution in [3.63, 3.8) is 0 Å². The molecular formula is C25H43N3O6. The minimum Gasteiger partial charge on any atom is -0.481 e. The number of hydrogen-bond donors (Lipinski definition) is 2. The molecule has 1 rings (SSSR count). The summed E-state index contributed by atoms with van der Waals surface area (Å²) in [6, 6.07) is -0.725. The van der Waals surface area contributed by atoms with Gasteiger partial charge in [-0.3, -0.25) is 24.1 Å². The standard InChI is InChI=1S/C25H43N3O6/c1-7-18(4)24(19(34-6)16-22(31)32)27(5)25(33)23(17(2)3)26-14-10-8-9-11-15-28-20(29)12-13-21(28)30/h12-13,17-19,23-24,26H,7-11,14-16H2,1-6H3,(H,31,32)/t18-,19+,23-,24-/m0/s1. The quantitative estimate of drug-likeness (QED) is 0.242. The molecule has 34 heavy (non-hydrogen) atoms. The van der Waals surface area contributed by atoms with E-state index in [1.165, 1.54) is 24.2 Å². The van der Waals surface area contributed by atoms with Crippen molar-refractivity contribution >= 4 is 23.7 Å². The van der Waals surface area contributed by atoms with Crippen LogP contribution in [0, 0.1) is 11.8 Å². The third-order valence-corrected chi connectivity index (χ3v) is 6.59. The van der Waals surface area contributed by atoms with Crippen molar-refractivity contribution in [1.82, 2.24) is 15.1 Å². The van der Waals surface area contributed by atoms with Crippen LogP contribution in [0.4, 0.5) is 0 Å². The first-order valence-electron chi connectivity index (χ1n) is 12.3. The van der Waals surface area contributed by atoms with Crippen LogP contribution in [0.2, 0.25) is 0 Å². The molecule has 1 aliphatic heterocycles. The smallest absolute Gasteiger partial charge is 0.306 e. The van der Waals surface area contributed by atoms with Crippen molar-refractivity contribution in [2.24, 2.45) is 11.8 Å². The van der Waals surface area contributed by atoms with Gasteiger partial charge in [-0.15, -0.1) is 0 Å². The number of likely N-dealkylation sites (N-methyl/N-ethyl adjacent to an activating group) is 1. The number of unbranched alkanes of at least 4 members (excludes halogenated alkanes) is 3. The largest absolute Gasteiger partial charge is 0.481 e. The Bertz CT molecular complexity index is 705. The number of carboxylic acid groups (broad SMARTS) is 1. The Morgan fingerprint density at radius 1 is 1.09 bits per heavy atom. The van der Waals surface area contributed by atoms with Crippen LogP contribution in [0.5, 0.6) is 0 Å². The van der Waals surface area contributed by atoms with Gasteiger partial charge in [0.1, 0.15) is 0 Å². The second kappa shape index (κ2) is 14.9. The molecule has 0 spiro atoms. The number of imide groups is 1. The summed E-state index contributed by atoms with van der Waals surface area (Å²) in [6.45, 7) is 9.12. The van der Waals surface area contributed by atoms with E-state index in [4.69, 9.17) is 4.74 Å². The highest BCUT2D eigenvalue weighted by Crippen LogP contribution is 2.23. The van der Waals surface area contributed by atoms with Crippen molar-refractivity contribution in [1.29, 1.82) is 0 Å². The number of nitrogens with zero attached hydrogens (tertiary/aromatic N) is 2. The van der Waals surface area contributed by atoms with Gasteiger partial charge in [-0.1, -0.05) is 47.0 Å². The number of methoxy groups -OCH3 is 1. The molecular weight excluding hydrogens is 438 g/mol. The van der Waals surface area contributed by atoms with Crippen LogP contribution in [0.15, 0.2) is 12.2 Å². The summed E-state index contributed by atoms with van der Waals surface area (Å²) >= 11 is 0. The predicted molar refractivity (Wildman–Crippen MR) is 130 cm³/mol. The molecule has 0 saturated carbocycles. The van der Waals surface area contributed by atoms with Crippen molar-refractivity contribution in [2.75, 3.05) is 27.2 Å². The summed E-state index contributed by atoms with van der Waals surface area (Å²) in [4.78, 5) is 50.8. The van der Waals surface area contributed by atoms with Gasteiger partial charge in [0.25, 0.3) is 11.8 Å². The van der Waals surface area contributed by atoms with Crippen molar-refractivity contribution in [3.8, 4) is 0 Å². The van der Waals surface area contributed by atoms with Crippen molar-refractivity contribution < 1.29 is 29.0 Å². The molecule has 9 nitrogen and oxygen atoms in total. The van der Waals surface area contributed by atoms with Gasteiger partial charge in [-0.25, -0.2) is 0 Å². The Labute approximate surface area is 203 Å². The Kier molecular flexibility index (Phi) is 13.0. The van der Waals surface area contributed by atoms with Gasteiger partial charge in [0.05, 0.1) is 24.6 Å². The van der Waals surface area contributed by atoms with Crippen LogP contribution >= 0.6 is 0 Å². The Morgan fingerprint density at radius 2 is 1.68 bits per heavy atom. The molecule has 3 amide bonds. The molecule has 1 heterocycles. The molecule has 0 aromatic carbocycles. The van der Waals surface area contributed by atoms with Gasteiger partial charge in [0.2, 0.25) is 5.91 Å². The average Bonchev–Trinajstić information content (AvgIpc) is 3.10. The zero-order chi connectivity index (χ0) is 25.8. The molecule has 2 N–H and O–H groups in total. The van der Waals surface area contributed by atoms with Crippen LogP contribution in [0.3, 0.4) is 0 Å². The maximum atomic E-state index is 13.4. The molecule has 0 saturated heterocycles.